The molecule has 1 saturated heterocycles. The number of methoxy groups -OCH3 is 1. The highest BCUT2D eigenvalue weighted by molar-refractivity contribution is 6.56. The maximum Gasteiger partial charge on any atom is 0.491 e. The second-order valence-corrected chi connectivity index (χ2v) is 7.70. The zero-order valence-electron chi connectivity index (χ0n) is 16.7. The summed E-state index contributed by atoms with van der Waals surface area (Å²) >= 11 is 0. The van der Waals surface area contributed by atoms with Gasteiger partial charge < -0.3 is 19.4 Å². The van der Waals surface area contributed by atoms with Crippen LogP contribution in [0.5, 0.6) is 0 Å². The van der Waals surface area contributed by atoms with E-state index in [4.69, 9.17) is 14.0 Å². The first-order valence-electron chi connectivity index (χ1n) is 8.95. The summed E-state index contributed by atoms with van der Waals surface area (Å²) in [5.74, 6) is -0.384. The van der Waals surface area contributed by atoms with Crippen LogP contribution in [0.3, 0.4) is 0 Å². The second-order valence-electron chi connectivity index (χ2n) is 7.70. The molecule has 0 atom stereocenters. The van der Waals surface area contributed by atoms with Crippen molar-refractivity contribution in [3.05, 3.63) is 34.9 Å². The van der Waals surface area contributed by atoms with Gasteiger partial charge in [-0.2, -0.15) is 5.10 Å². The van der Waals surface area contributed by atoms with Gasteiger partial charge in [0.2, 0.25) is 0 Å². The van der Waals surface area contributed by atoms with E-state index in [-0.39, 0.29) is 5.97 Å². The van der Waals surface area contributed by atoms with Crippen LogP contribution >= 0.6 is 0 Å². The Morgan fingerprint density at radius 3 is 2.56 bits per heavy atom. The lowest BCUT2D eigenvalue weighted by molar-refractivity contribution is 0.00578. The third-order valence-corrected chi connectivity index (χ3v) is 5.27. The number of aromatic nitrogens is 2. The summed E-state index contributed by atoms with van der Waals surface area (Å²) in [6.45, 7) is 8.74. The fraction of sp³-hybridized carbons (Fsp3) is 0.474. The van der Waals surface area contributed by atoms with Crippen molar-refractivity contribution in [1.82, 2.24) is 15.5 Å². The quantitative estimate of drug-likeness (QED) is 0.621. The van der Waals surface area contributed by atoms with Crippen molar-refractivity contribution in [2.24, 2.45) is 0 Å². The lowest BCUT2D eigenvalue weighted by Gasteiger charge is -2.32. The Bertz CT molecular complexity index is 872. The SMILES string of the molecule is CNCC(=Cc1[nH]nc2cc(C(=O)OC)ccc12)B1OC(C)(C)C(C)(C)O1. The van der Waals surface area contributed by atoms with Gasteiger partial charge in [0.1, 0.15) is 0 Å². The smallest absolute Gasteiger partial charge is 0.465 e. The number of ether oxygens (including phenoxy) is 1. The highest BCUT2D eigenvalue weighted by Crippen LogP contribution is 2.38. The third kappa shape index (κ3) is 3.65. The number of esters is 1. The van der Waals surface area contributed by atoms with E-state index in [1.54, 1.807) is 12.1 Å². The first kappa shape index (κ1) is 19.6. The molecule has 0 bridgehead atoms. The van der Waals surface area contributed by atoms with E-state index in [0.29, 0.717) is 17.6 Å². The van der Waals surface area contributed by atoms with Gasteiger partial charge >= 0.3 is 13.1 Å². The Kier molecular flexibility index (Phi) is 5.16. The van der Waals surface area contributed by atoms with Gasteiger partial charge in [-0.25, -0.2) is 4.79 Å². The molecule has 1 aromatic heterocycles. The molecule has 8 heteroatoms. The number of nitrogens with zero attached hydrogens (tertiary/aromatic N) is 1. The molecule has 0 unspecified atom stereocenters. The molecule has 1 aliphatic rings. The number of fused-ring (bicyclic) bond motifs is 1. The minimum absolute atomic E-state index is 0.384. The summed E-state index contributed by atoms with van der Waals surface area (Å²) in [6, 6.07) is 5.30. The van der Waals surface area contributed by atoms with Crippen LogP contribution in [-0.2, 0) is 14.0 Å². The Labute approximate surface area is 159 Å². The zero-order chi connectivity index (χ0) is 19.8. The number of likely N-dealkylation sites (N-methyl/N-ethyl adjacent to an activating group) is 1. The predicted molar refractivity (Wildman–Crippen MR) is 105 cm³/mol. The van der Waals surface area contributed by atoms with Crippen molar-refractivity contribution in [1.29, 1.82) is 0 Å². The maximum absolute atomic E-state index is 11.7. The van der Waals surface area contributed by atoms with E-state index in [1.807, 2.05) is 46.9 Å². The van der Waals surface area contributed by atoms with Crippen molar-refractivity contribution < 1.29 is 18.8 Å². The van der Waals surface area contributed by atoms with Crippen molar-refractivity contribution in [2.45, 2.75) is 38.9 Å². The fourth-order valence-electron chi connectivity index (χ4n) is 2.97. The third-order valence-electron chi connectivity index (χ3n) is 5.27. The number of rotatable bonds is 5. The molecular weight excluding hydrogens is 345 g/mol. The normalized spacial score (nSPS) is 18.9. The van der Waals surface area contributed by atoms with Crippen LogP contribution in [0.15, 0.2) is 23.7 Å². The monoisotopic (exact) mass is 371 g/mol. The van der Waals surface area contributed by atoms with Gasteiger partial charge in [-0.05, 0) is 64.5 Å². The maximum atomic E-state index is 11.7. The van der Waals surface area contributed by atoms with Gasteiger partial charge in [0.15, 0.2) is 0 Å². The molecule has 0 spiro atoms. The van der Waals surface area contributed by atoms with E-state index in [0.717, 1.165) is 16.6 Å². The topological polar surface area (TPSA) is 85.5 Å². The van der Waals surface area contributed by atoms with Crippen molar-refractivity contribution in [3.8, 4) is 0 Å². The number of carbonyl (C=O) groups is 1. The molecule has 0 aliphatic carbocycles. The van der Waals surface area contributed by atoms with Crippen LogP contribution in [0.1, 0.15) is 43.7 Å². The van der Waals surface area contributed by atoms with Gasteiger partial charge in [0, 0.05) is 11.9 Å². The van der Waals surface area contributed by atoms with Crippen LogP contribution in [0.4, 0.5) is 0 Å². The zero-order valence-corrected chi connectivity index (χ0v) is 16.7. The molecule has 1 aromatic carbocycles. The van der Waals surface area contributed by atoms with Crippen LogP contribution in [0.2, 0.25) is 0 Å². The summed E-state index contributed by atoms with van der Waals surface area (Å²) in [6.07, 6.45) is 1.99. The van der Waals surface area contributed by atoms with E-state index in [9.17, 15) is 4.79 Å². The van der Waals surface area contributed by atoms with Gasteiger partial charge in [0.25, 0.3) is 0 Å². The standard InChI is InChI=1S/C19H26BN3O4/c1-18(2)19(3,4)27-20(26-18)13(11-21-5)10-16-14-8-7-12(17(24)25-6)9-15(14)22-23-16/h7-10,21H,11H2,1-6H3,(H,22,23). The van der Waals surface area contributed by atoms with Gasteiger partial charge in [-0.1, -0.05) is 0 Å². The Balaban J connectivity index is 1.96. The molecule has 1 aliphatic heterocycles. The molecule has 144 valence electrons. The molecule has 0 radical (unpaired) electrons. The highest BCUT2D eigenvalue weighted by Gasteiger charge is 2.52. The van der Waals surface area contributed by atoms with Crippen LogP contribution in [0, 0.1) is 0 Å². The molecule has 0 saturated carbocycles. The molecular formula is C19H26BN3O4. The van der Waals surface area contributed by atoms with Crippen molar-refractivity contribution >= 4 is 30.1 Å². The van der Waals surface area contributed by atoms with Crippen molar-refractivity contribution in [3.63, 3.8) is 0 Å². The van der Waals surface area contributed by atoms with Crippen molar-refractivity contribution in [2.75, 3.05) is 20.7 Å². The molecule has 3 rings (SSSR count). The van der Waals surface area contributed by atoms with Gasteiger partial charge in [-0.3, -0.25) is 5.10 Å². The Morgan fingerprint density at radius 1 is 1.30 bits per heavy atom. The lowest BCUT2D eigenvalue weighted by Crippen LogP contribution is -2.41. The molecule has 2 N–H and O–H groups in total. The number of hydrogen-bond donors (Lipinski definition) is 2. The molecule has 27 heavy (non-hydrogen) atoms. The molecule has 0 amide bonds. The van der Waals surface area contributed by atoms with Gasteiger partial charge in [0.05, 0.1) is 35.1 Å². The summed E-state index contributed by atoms with van der Waals surface area (Å²) in [4.78, 5) is 11.7. The number of H-pyrrole nitrogens is 1. The first-order valence-corrected chi connectivity index (χ1v) is 8.95. The fourth-order valence-corrected chi connectivity index (χ4v) is 2.97. The summed E-state index contributed by atoms with van der Waals surface area (Å²) < 4.78 is 17.1. The average Bonchev–Trinajstić information content (AvgIpc) is 3.10. The average molecular weight is 371 g/mol. The summed E-state index contributed by atoms with van der Waals surface area (Å²) in [7, 11) is 2.79. The van der Waals surface area contributed by atoms with E-state index in [1.165, 1.54) is 7.11 Å². The predicted octanol–water partition coefficient (Wildman–Crippen LogP) is 2.58. The first-order chi connectivity index (χ1) is 12.7. The number of benzene rings is 1. The van der Waals surface area contributed by atoms with Crippen LogP contribution in [0.25, 0.3) is 17.0 Å². The Hall–Kier alpha value is -2.16. The number of hydrogen-bond acceptors (Lipinski definition) is 6. The highest BCUT2D eigenvalue weighted by atomic mass is 16.7. The number of aromatic amines is 1. The second kappa shape index (κ2) is 7.11. The summed E-state index contributed by atoms with van der Waals surface area (Å²) in [5, 5.41) is 11.4. The van der Waals surface area contributed by atoms with E-state index in [2.05, 4.69) is 15.5 Å². The lowest BCUT2D eigenvalue weighted by atomic mass is 9.77. The largest absolute Gasteiger partial charge is 0.491 e. The Morgan fingerprint density at radius 2 is 1.96 bits per heavy atom. The molecule has 1 fully saturated rings. The van der Waals surface area contributed by atoms with Crippen LogP contribution < -0.4 is 5.32 Å². The van der Waals surface area contributed by atoms with Crippen LogP contribution in [-0.4, -0.2) is 55.2 Å². The summed E-state index contributed by atoms with van der Waals surface area (Å²) in [5.41, 5.74) is 2.14. The molecule has 7 nitrogen and oxygen atoms in total. The number of carbonyl (C=O) groups excluding carboxylic acids is 1. The minimum atomic E-state index is -0.449. The van der Waals surface area contributed by atoms with E-state index >= 15 is 0 Å². The van der Waals surface area contributed by atoms with E-state index < -0.39 is 18.3 Å². The minimum Gasteiger partial charge on any atom is -0.465 e. The number of nitrogens with one attached hydrogen (secondary N) is 2. The molecule has 2 heterocycles. The molecule has 2 aromatic rings. The van der Waals surface area contributed by atoms with Gasteiger partial charge in [-0.15, -0.1) is 0 Å².